The van der Waals surface area contributed by atoms with E-state index in [1.165, 1.54) is 5.69 Å². The number of aromatic nitrogens is 1. The Kier molecular flexibility index (Phi) is 4.95. The maximum atomic E-state index is 10.1. The Bertz CT molecular complexity index is 367. The first-order chi connectivity index (χ1) is 8.95. The van der Waals surface area contributed by atoms with Crippen molar-refractivity contribution in [2.75, 3.05) is 32.7 Å². The lowest BCUT2D eigenvalue weighted by atomic mass is 9.89. The predicted molar refractivity (Wildman–Crippen MR) is 79.3 cm³/mol. The van der Waals surface area contributed by atoms with Crippen LogP contribution in [-0.4, -0.2) is 58.7 Å². The van der Waals surface area contributed by atoms with E-state index in [1.807, 2.05) is 5.51 Å². The second-order valence-electron chi connectivity index (χ2n) is 6.44. The highest BCUT2D eigenvalue weighted by Crippen LogP contribution is 2.20. The molecule has 1 atom stereocenters. The summed E-state index contributed by atoms with van der Waals surface area (Å²) in [5.41, 5.74) is 3.04. The molecule has 1 aromatic heterocycles. The van der Waals surface area contributed by atoms with Gasteiger partial charge in [-0.1, -0.05) is 20.8 Å². The van der Waals surface area contributed by atoms with E-state index < -0.39 is 0 Å². The topological polar surface area (TPSA) is 39.6 Å². The third-order valence-electron chi connectivity index (χ3n) is 3.76. The molecule has 0 amide bonds. The standard InChI is InChI=1S/C14H25N3OS/c1-14(2,3)13(18)9-17-6-4-16(5-7-17)8-12-10-19-11-15-12/h10-11,13,18H,4-9H2,1-3H3. The second kappa shape index (κ2) is 6.31. The van der Waals surface area contributed by atoms with Gasteiger partial charge in [-0.3, -0.25) is 9.80 Å². The van der Waals surface area contributed by atoms with Crippen LogP contribution in [0.2, 0.25) is 0 Å². The molecule has 1 aromatic rings. The first-order valence-corrected chi connectivity index (χ1v) is 7.89. The number of nitrogens with zero attached hydrogens (tertiary/aromatic N) is 3. The summed E-state index contributed by atoms with van der Waals surface area (Å²) in [7, 11) is 0. The minimum atomic E-state index is -0.252. The summed E-state index contributed by atoms with van der Waals surface area (Å²) in [4.78, 5) is 9.14. The minimum absolute atomic E-state index is 0.0300. The summed E-state index contributed by atoms with van der Waals surface area (Å²) in [6.45, 7) is 12.2. The normalized spacial score (nSPS) is 20.6. The number of thiazole rings is 1. The largest absolute Gasteiger partial charge is 0.391 e. The smallest absolute Gasteiger partial charge is 0.0795 e. The lowest BCUT2D eigenvalue weighted by Gasteiger charge is -2.37. The fourth-order valence-electron chi connectivity index (χ4n) is 2.19. The molecule has 2 heterocycles. The molecule has 0 bridgehead atoms. The predicted octanol–water partition coefficient (Wildman–Crippen LogP) is 1.67. The minimum Gasteiger partial charge on any atom is -0.391 e. The number of β-amino-alcohol motifs (C(OH)–C–C–N with tert-alkyl or cyclic N) is 1. The van der Waals surface area contributed by atoms with Crippen molar-refractivity contribution in [3.63, 3.8) is 0 Å². The monoisotopic (exact) mass is 283 g/mol. The van der Waals surface area contributed by atoms with Crippen LogP contribution < -0.4 is 0 Å². The van der Waals surface area contributed by atoms with Gasteiger partial charge in [0, 0.05) is 44.6 Å². The van der Waals surface area contributed by atoms with E-state index in [9.17, 15) is 5.11 Å². The van der Waals surface area contributed by atoms with E-state index in [4.69, 9.17) is 0 Å². The molecule has 19 heavy (non-hydrogen) atoms. The van der Waals surface area contributed by atoms with Crippen LogP contribution in [0.5, 0.6) is 0 Å². The molecule has 108 valence electrons. The van der Waals surface area contributed by atoms with Gasteiger partial charge >= 0.3 is 0 Å². The third kappa shape index (κ3) is 4.53. The molecule has 1 aliphatic heterocycles. The van der Waals surface area contributed by atoms with E-state index in [0.717, 1.165) is 39.3 Å². The van der Waals surface area contributed by atoms with Gasteiger partial charge in [0.25, 0.3) is 0 Å². The summed E-state index contributed by atoms with van der Waals surface area (Å²) in [5, 5.41) is 12.3. The zero-order valence-corrected chi connectivity index (χ0v) is 13.0. The Balaban J connectivity index is 1.73. The number of aliphatic hydroxyl groups excluding tert-OH is 1. The highest BCUT2D eigenvalue weighted by molar-refractivity contribution is 7.07. The van der Waals surface area contributed by atoms with Crippen molar-refractivity contribution in [2.45, 2.75) is 33.4 Å². The van der Waals surface area contributed by atoms with Gasteiger partial charge in [0.1, 0.15) is 0 Å². The Morgan fingerprint density at radius 1 is 1.26 bits per heavy atom. The van der Waals surface area contributed by atoms with Gasteiger partial charge in [-0.05, 0) is 5.41 Å². The zero-order chi connectivity index (χ0) is 13.9. The number of hydrogen-bond acceptors (Lipinski definition) is 5. The zero-order valence-electron chi connectivity index (χ0n) is 12.2. The maximum Gasteiger partial charge on any atom is 0.0795 e. The van der Waals surface area contributed by atoms with Gasteiger partial charge in [0.2, 0.25) is 0 Å². The average Bonchev–Trinajstić information content (AvgIpc) is 2.83. The van der Waals surface area contributed by atoms with Crippen molar-refractivity contribution < 1.29 is 5.11 Å². The number of aliphatic hydroxyl groups is 1. The highest BCUT2D eigenvalue weighted by atomic mass is 32.1. The molecule has 1 saturated heterocycles. The summed E-state index contributed by atoms with van der Waals surface area (Å²) in [5.74, 6) is 0. The first kappa shape index (κ1) is 14.9. The molecule has 0 radical (unpaired) electrons. The van der Waals surface area contributed by atoms with Crippen molar-refractivity contribution in [1.82, 2.24) is 14.8 Å². The molecule has 4 nitrogen and oxygen atoms in total. The molecular weight excluding hydrogens is 258 g/mol. The highest BCUT2D eigenvalue weighted by Gasteiger charge is 2.26. The molecule has 1 fully saturated rings. The lowest BCUT2D eigenvalue weighted by Crippen LogP contribution is -2.49. The Hall–Kier alpha value is -0.490. The SMILES string of the molecule is CC(C)(C)C(O)CN1CCN(Cc2cscn2)CC1. The molecule has 1 aliphatic rings. The maximum absolute atomic E-state index is 10.1. The van der Waals surface area contributed by atoms with Crippen molar-refractivity contribution in [1.29, 1.82) is 0 Å². The summed E-state index contributed by atoms with van der Waals surface area (Å²) >= 11 is 1.66. The summed E-state index contributed by atoms with van der Waals surface area (Å²) in [6.07, 6.45) is -0.252. The van der Waals surface area contributed by atoms with Crippen LogP contribution in [0.25, 0.3) is 0 Å². The van der Waals surface area contributed by atoms with E-state index in [1.54, 1.807) is 11.3 Å². The number of rotatable bonds is 4. The molecule has 2 rings (SSSR count). The average molecular weight is 283 g/mol. The van der Waals surface area contributed by atoms with Crippen LogP contribution in [0.4, 0.5) is 0 Å². The Morgan fingerprint density at radius 3 is 2.42 bits per heavy atom. The molecule has 5 heteroatoms. The molecule has 1 N–H and O–H groups in total. The van der Waals surface area contributed by atoms with Crippen LogP contribution in [0, 0.1) is 5.41 Å². The van der Waals surface area contributed by atoms with Gasteiger partial charge in [0.05, 0.1) is 17.3 Å². The molecule has 0 aliphatic carbocycles. The first-order valence-electron chi connectivity index (χ1n) is 6.95. The molecule has 1 unspecified atom stereocenters. The second-order valence-corrected chi connectivity index (χ2v) is 7.16. The van der Waals surface area contributed by atoms with Crippen molar-refractivity contribution in [3.05, 3.63) is 16.6 Å². The van der Waals surface area contributed by atoms with E-state index in [0.29, 0.717) is 0 Å². The Morgan fingerprint density at radius 2 is 1.89 bits per heavy atom. The van der Waals surface area contributed by atoms with Gasteiger partial charge in [-0.25, -0.2) is 4.98 Å². The van der Waals surface area contributed by atoms with Crippen LogP contribution in [0.3, 0.4) is 0 Å². The van der Waals surface area contributed by atoms with Crippen molar-refractivity contribution >= 4 is 11.3 Å². The number of hydrogen-bond donors (Lipinski definition) is 1. The van der Waals surface area contributed by atoms with Crippen LogP contribution in [0.15, 0.2) is 10.9 Å². The fraction of sp³-hybridized carbons (Fsp3) is 0.786. The lowest BCUT2D eigenvalue weighted by molar-refractivity contribution is 0.0124. The molecule has 0 saturated carbocycles. The quantitative estimate of drug-likeness (QED) is 0.912. The van der Waals surface area contributed by atoms with E-state index in [2.05, 4.69) is 40.9 Å². The van der Waals surface area contributed by atoms with Crippen LogP contribution in [-0.2, 0) is 6.54 Å². The van der Waals surface area contributed by atoms with E-state index >= 15 is 0 Å². The van der Waals surface area contributed by atoms with Gasteiger partial charge in [-0.2, -0.15) is 0 Å². The molecular formula is C14H25N3OS. The van der Waals surface area contributed by atoms with Crippen LogP contribution >= 0.6 is 11.3 Å². The van der Waals surface area contributed by atoms with Gasteiger partial charge in [-0.15, -0.1) is 11.3 Å². The summed E-state index contributed by atoms with van der Waals surface area (Å²) < 4.78 is 0. The molecule has 0 aromatic carbocycles. The fourth-order valence-corrected chi connectivity index (χ4v) is 2.74. The molecule has 0 spiro atoms. The van der Waals surface area contributed by atoms with Crippen LogP contribution in [0.1, 0.15) is 26.5 Å². The van der Waals surface area contributed by atoms with Gasteiger partial charge < -0.3 is 5.11 Å². The Labute approximate surface area is 120 Å². The van der Waals surface area contributed by atoms with Crippen molar-refractivity contribution in [3.8, 4) is 0 Å². The van der Waals surface area contributed by atoms with Crippen molar-refractivity contribution in [2.24, 2.45) is 5.41 Å². The summed E-state index contributed by atoms with van der Waals surface area (Å²) in [6, 6.07) is 0. The third-order valence-corrected chi connectivity index (χ3v) is 4.40. The van der Waals surface area contributed by atoms with E-state index in [-0.39, 0.29) is 11.5 Å². The van der Waals surface area contributed by atoms with Gasteiger partial charge in [0.15, 0.2) is 0 Å². The number of piperazine rings is 1.